The van der Waals surface area contributed by atoms with Crippen LogP contribution in [0.2, 0.25) is 0 Å². The zero-order chi connectivity index (χ0) is 14.7. The molecule has 2 heterocycles. The number of aromatic nitrogens is 3. The lowest BCUT2D eigenvalue weighted by molar-refractivity contribution is 0.111. The molecule has 0 amide bonds. The SMILES string of the molecule is COc1ccc(-n2nnc(C=O)c2Cc2cccs2)cc1. The van der Waals surface area contributed by atoms with Gasteiger partial charge in [0.15, 0.2) is 6.29 Å². The maximum absolute atomic E-state index is 11.2. The molecule has 5 nitrogen and oxygen atoms in total. The summed E-state index contributed by atoms with van der Waals surface area (Å²) in [6.45, 7) is 0. The summed E-state index contributed by atoms with van der Waals surface area (Å²) >= 11 is 1.65. The van der Waals surface area contributed by atoms with Gasteiger partial charge in [-0.2, -0.15) is 0 Å². The quantitative estimate of drug-likeness (QED) is 0.680. The van der Waals surface area contributed by atoms with Gasteiger partial charge < -0.3 is 4.74 Å². The van der Waals surface area contributed by atoms with Crippen LogP contribution in [0.3, 0.4) is 0 Å². The first-order chi connectivity index (χ1) is 10.3. The smallest absolute Gasteiger partial charge is 0.172 e. The van der Waals surface area contributed by atoms with Gasteiger partial charge in [0.05, 0.1) is 18.5 Å². The molecule has 3 rings (SSSR count). The van der Waals surface area contributed by atoms with Crippen LogP contribution in [0.1, 0.15) is 21.1 Å². The zero-order valence-electron chi connectivity index (χ0n) is 11.4. The molecule has 21 heavy (non-hydrogen) atoms. The summed E-state index contributed by atoms with van der Waals surface area (Å²) in [5.41, 5.74) is 2.01. The van der Waals surface area contributed by atoms with Gasteiger partial charge in [-0.25, -0.2) is 4.68 Å². The Morgan fingerprint density at radius 1 is 1.29 bits per heavy atom. The van der Waals surface area contributed by atoms with Crippen molar-refractivity contribution in [3.63, 3.8) is 0 Å². The summed E-state index contributed by atoms with van der Waals surface area (Å²) in [5, 5.41) is 10.1. The van der Waals surface area contributed by atoms with Crippen LogP contribution in [0.25, 0.3) is 5.69 Å². The predicted molar refractivity (Wildman–Crippen MR) is 80.4 cm³/mol. The topological polar surface area (TPSA) is 57.0 Å². The first-order valence-electron chi connectivity index (χ1n) is 6.38. The average Bonchev–Trinajstić information content (AvgIpc) is 3.17. The molecule has 3 aromatic rings. The minimum Gasteiger partial charge on any atom is -0.497 e. The average molecular weight is 299 g/mol. The Hall–Kier alpha value is -2.47. The number of aldehydes is 1. The van der Waals surface area contributed by atoms with E-state index in [4.69, 9.17) is 4.74 Å². The van der Waals surface area contributed by atoms with Crippen molar-refractivity contribution in [2.75, 3.05) is 7.11 Å². The van der Waals surface area contributed by atoms with Crippen LogP contribution < -0.4 is 4.74 Å². The van der Waals surface area contributed by atoms with Crippen molar-refractivity contribution in [3.05, 3.63) is 58.0 Å². The molecule has 0 aliphatic carbocycles. The number of hydrogen-bond donors (Lipinski definition) is 0. The third kappa shape index (κ3) is 2.71. The van der Waals surface area contributed by atoms with Crippen LogP contribution in [-0.4, -0.2) is 28.4 Å². The summed E-state index contributed by atoms with van der Waals surface area (Å²) in [6, 6.07) is 11.5. The molecule has 0 bridgehead atoms. The second kappa shape index (κ2) is 5.88. The third-order valence-corrected chi connectivity index (χ3v) is 4.02. The Balaban J connectivity index is 2.01. The Morgan fingerprint density at radius 3 is 2.71 bits per heavy atom. The molecule has 0 aliphatic rings. The molecular formula is C15H13N3O2S. The van der Waals surface area contributed by atoms with Crippen molar-refractivity contribution < 1.29 is 9.53 Å². The lowest BCUT2D eigenvalue weighted by Crippen LogP contribution is -2.04. The summed E-state index contributed by atoms with van der Waals surface area (Å²) < 4.78 is 6.84. The normalized spacial score (nSPS) is 10.5. The monoisotopic (exact) mass is 299 g/mol. The van der Waals surface area contributed by atoms with Crippen LogP contribution in [0.15, 0.2) is 41.8 Å². The lowest BCUT2D eigenvalue weighted by Gasteiger charge is -2.07. The van der Waals surface area contributed by atoms with E-state index in [0.717, 1.165) is 28.3 Å². The number of carbonyl (C=O) groups excluding carboxylic acids is 1. The molecule has 0 radical (unpaired) electrons. The maximum atomic E-state index is 11.2. The van der Waals surface area contributed by atoms with E-state index >= 15 is 0 Å². The van der Waals surface area contributed by atoms with Crippen LogP contribution in [-0.2, 0) is 6.42 Å². The Kier molecular flexibility index (Phi) is 3.79. The Bertz CT molecular complexity index is 733. The second-order valence-corrected chi connectivity index (χ2v) is 5.44. The van der Waals surface area contributed by atoms with Gasteiger partial charge >= 0.3 is 0 Å². The fourth-order valence-electron chi connectivity index (χ4n) is 2.08. The molecular weight excluding hydrogens is 286 g/mol. The van der Waals surface area contributed by atoms with Crippen molar-refractivity contribution in [2.45, 2.75) is 6.42 Å². The summed E-state index contributed by atoms with van der Waals surface area (Å²) in [5.74, 6) is 0.772. The van der Waals surface area contributed by atoms with Crippen molar-refractivity contribution in [2.24, 2.45) is 0 Å². The minimum absolute atomic E-state index is 0.374. The summed E-state index contributed by atoms with van der Waals surface area (Å²) in [4.78, 5) is 12.3. The molecule has 0 unspecified atom stereocenters. The predicted octanol–water partition coefficient (Wildman–Crippen LogP) is 2.74. The van der Waals surface area contributed by atoms with E-state index in [1.165, 1.54) is 0 Å². The van der Waals surface area contributed by atoms with Gasteiger partial charge in [-0.1, -0.05) is 11.3 Å². The van der Waals surface area contributed by atoms with Gasteiger partial charge in [-0.15, -0.1) is 16.4 Å². The highest BCUT2D eigenvalue weighted by Gasteiger charge is 2.14. The Morgan fingerprint density at radius 2 is 2.10 bits per heavy atom. The number of ether oxygens (including phenoxy) is 1. The van der Waals surface area contributed by atoms with Crippen molar-refractivity contribution >= 4 is 17.6 Å². The van der Waals surface area contributed by atoms with Crippen molar-refractivity contribution in [3.8, 4) is 11.4 Å². The van der Waals surface area contributed by atoms with E-state index in [-0.39, 0.29) is 0 Å². The highest BCUT2D eigenvalue weighted by Crippen LogP contribution is 2.20. The van der Waals surface area contributed by atoms with E-state index in [2.05, 4.69) is 10.3 Å². The second-order valence-electron chi connectivity index (χ2n) is 4.41. The zero-order valence-corrected chi connectivity index (χ0v) is 12.2. The number of nitrogens with zero attached hydrogens (tertiary/aromatic N) is 3. The van der Waals surface area contributed by atoms with Gasteiger partial charge in [0.1, 0.15) is 11.4 Å². The van der Waals surface area contributed by atoms with Gasteiger partial charge in [-0.3, -0.25) is 4.79 Å². The molecule has 0 atom stereocenters. The molecule has 0 saturated heterocycles. The van der Waals surface area contributed by atoms with Gasteiger partial charge in [0, 0.05) is 11.3 Å². The van der Waals surface area contributed by atoms with E-state index in [0.29, 0.717) is 12.1 Å². The van der Waals surface area contributed by atoms with Gasteiger partial charge in [0.25, 0.3) is 0 Å². The number of thiophene rings is 1. The van der Waals surface area contributed by atoms with Crippen LogP contribution >= 0.6 is 11.3 Å². The number of methoxy groups -OCH3 is 1. The van der Waals surface area contributed by atoms with Crippen LogP contribution in [0, 0.1) is 0 Å². The maximum Gasteiger partial charge on any atom is 0.172 e. The minimum atomic E-state index is 0.374. The fraction of sp³-hybridized carbons (Fsp3) is 0.133. The first kappa shape index (κ1) is 13.5. The molecule has 1 aromatic carbocycles. The highest BCUT2D eigenvalue weighted by molar-refractivity contribution is 7.09. The molecule has 2 aromatic heterocycles. The number of carbonyl (C=O) groups is 1. The number of hydrogen-bond acceptors (Lipinski definition) is 5. The molecule has 0 N–H and O–H groups in total. The third-order valence-electron chi connectivity index (χ3n) is 3.14. The fourth-order valence-corrected chi connectivity index (χ4v) is 2.79. The summed E-state index contributed by atoms with van der Waals surface area (Å²) in [7, 11) is 1.62. The largest absolute Gasteiger partial charge is 0.497 e. The van der Waals surface area contributed by atoms with Crippen LogP contribution in [0.4, 0.5) is 0 Å². The molecule has 6 heteroatoms. The highest BCUT2D eigenvalue weighted by atomic mass is 32.1. The van der Waals surface area contributed by atoms with Crippen molar-refractivity contribution in [1.29, 1.82) is 0 Å². The van der Waals surface area contributed by atoms with E-state index in [1.807, 2.05) is 41.8 Å². The van der Waals surface area contributed by atoms with Gasteiger partial charge in [-0.05, 0) is 35.7 Å². The Labute approximate surface area is 125 Å². The molecule has 0 saturated carbocycles. The van der Waals surface area contributed by atoms with E-state index in [1.54, 1.807) is 23.1 Å². The number of rotatable bonds is 5. The lowest BCUT2D eigenvalue weighted by atomic mass is 10.2. The van der Waals surface area contributed by atoms with Crippen LogP contribution in [0.5, 0.6) is 5.75 Å². The first-order valence-corrected chi connectivity index (χ1v) is 7.26. The number of benzene rings is 1. The van der Waals surface area contributed by atoms with Gasteiger partial charge in [0.2, 0.25) is 0 Å². The van der Waals surface area contributed by atoms with Crippen molar-refractivity contribution in [1.82, 2.24) is 15.0 Å². The standard InChI is InChI=1S/C15H13N3O2S/c1-20-12-6-4-11(5-7-12)18-15(14(10-19)16-17-18)9-13-3-2-8-21-13/h2-8,10H,9H2,1H3. The van der Waals surface area contributed by atoms with E-state index < -0.39 is 0 Å². The molecule has 0 spiro atoms. The van der Waals surface area contributed by atoms with E-state index in [9.17, 15) is 4.79 Å². The molecule has 106 valence electrons. The summed E-state index contributed by atoms with van der Waals surface area (Å²) in [6.07, 6.45) is 1.38. The molecule has 0 aliphatic heterocycles. The molecule has 0 fully saturated rings.